The van der Waals surface area contributed by atoms with Gasteiger partial charge in [-0.05, 0) is 62.6 Å². The van der Waals surface area contributed by atoms with Crippen LogP contribution in [0.5, 0.6) is 5.75 Å². The molecular weight excluding hydrogens is 404 g/mol. The van der Waals surface area contributed by atoms with Crippen molar-refractivity contribution < 1.29 is 19.1 Å². The van der Waals surface area contributed by atoms with Gasteiger partial charge in [0.05, 0.1) is 18.3 Å². The van der Waals surface area contributed by atoms with Gasteiger partial charge in [0.2, 0.25) is 0 Å². The number of carbonyl (C=O) groups excluding carboxylic acids is 2. The highest BCUT2D eigenvalue weighted by Gasteiger charge is 2.41. The van der Waals surface area contributed by atoms with Crippen LogP contribution in [0, 0.1) is 11.8 Å². The number of carbonyl (C=O) groups is 2. The zero-order valence-electron chi connectivity index (χ0n) is 20.2. The lowest BCUT2D eigenvalue weighted by Crippen LogP contribution is -2.39. The number of rotatable bonds is 10. The topological polar surface area (TPSA) is 59.1 Å². The highest BCUT2D eigenvalue weighted by molar-refractivity contribution is 6.35. The molecule has 0 saturated carbocycles. The van der Waals surface area contributed by atoms with Crippen molar-refractivity contribution in [2.24, 2.45) is 11.8 Å². The first-order valence-corrected chi connectivity index (χ1v) is 12.0. The van der Waals surface area contributed by atoms with Crippen molar-refractivity contribution in [2.75, 3.05) is 32.8 Å². The van der Waals surface area contributed by atoms with Crippen LogP contribution in [0.25, 0.3) is 5.57 Å². The Balaban J connectivity index is 1.85. The molecule has 176 valence electrons. The van der Waals surface area contributed by atoms with E-state index in [1.54, 1.807) is 0 Å². The maximum absolute atomic E-state index is 13.4. The maximum atomic E-state index is 13.4. The van der Waals surface area contributed by atoms with Crippen LogP contribution < -0.4 is 4.74 Å². The lowest BCUT2D eigenvalue weighted by Gasteiger charge is -2.33. The minimum Gasteiger partial charge on any atom is -0.493 e. The number of amides is 2. The van der Waals surface area contributed by atoms with E-state index in [1.165, 1.54) is 4.90 Å². The summed E-state index contributed by atoms with van der Waals surface area (Å²) >= 11 is 0. The first-order valence-electron chi connectivity index (χ1n) is 12.0. The van der Waals surface area contributed by atoms with Gasteiger partial charge in [0.1, 0.15) is 11.4 Å². The Morgan fingerprint density at radius 1 is 1.06 bits per heavy atom. The van der Waals surface area contributed by atoms with Crippen LogP contribution in [-0.4, -0.2) is 60.6 Å². The van der Waals surface area contributed by atoms with Crippen molar-refractivity contribution >= 4 is 17.4 Å². The van der Waals surface area contributed by atoms with Gasteiger partial charge in [-0.25, -0.2) is 0 Å². The van der Waals surface area contributed by atoms with Gasteiger partial charge < -0.3 is 14.4 Å². The van der Waals surface area contributed by atoms with Crippen LogP contribution in [0.4, 0.5) is 0 Å². The Bertz CT molecular complexity index is 829. The van der Waals surface area contributed by atoms with Crippen molar-refractivity contribution in [3.63, 3.8) is 0 Å². The summed E-state index contributed by atoms with van der Waals surface area (Å²) in [5.41, 5.74) is 1.85. The van der Waals surface area contributed by atoms with E-state index < -0.39 is 0 Å². The van der Waals surface area contributed by atoms with Gasteiger partial charge in [-0.15, -0.1) is 0 Å². The molecule has 1 fully saturated rings. The molecule has 2 heterocycles. The first kappa shape index (κ1) is 24.3. The number of hydrogen-bond acceptors (Lipinski definition) is 5. The third-order valence-corrected chi connectivity index (χ3v) is 5.82. The molecule has 0 aliphatic carbocycles. The van der Waals surface area contributed by atoms with E-state index in [4.69, 9.17) is 9.47 Å². The number of likely N-dealkylation sites (tertiary alicyclic amines) is 1. The maximum Gasteiger partial charge on any atom is 0.277 e. The number of hydrogen-bond donors (Lipinski definition) is 0. The van der Waals surface area contributed by atoms with Crippen LogP contribution in [0.15, 0.2) is 30.0 Å². The van der Waals surface area contributed by atoms with Gasteiger partial charge in [0.15, 0.2) is 0 Å². The van der Waals surface area contributed by atoms with E-state index in [-0.39, 0.29) is 17.9 Å². The molecule has 1 aromatic rings. The minimum atomic E-state index is -0.205. The van der Waals surface area contributed by atoms with Crippen molar-refractivity contribution in [2.45, 2.75) is 60.0 Å². The first-order chi connectivity index (χ1) is 15.3. The van der Waals surface area contributed by atoms with Crippen molar-refractivity contribution in [1.82, 2.24) is 9.80 Å². The quantitative estimate of drug-likeness (QED) is 0.398. The molecular formula is C26H38N2O4. The largest absolute Gasteiger partial charge is 0.493 e. The molecule has 1 atom stereocenters. The lowest BCUT2D eigenvalue weighted by molar-refractivity contribution is -0.137. The van der Waals surface area contributed by atoms with Crippen LogP contribution in [0.3, 0.4) is 0 Å². The zero-order valence-corrected chi connectivity index (χ0v) is 20.2. The third kappa shape index (κ3) is 5.91. The zero-order chi connectivity index (χ0) is 23.3. The Hall–Kier alpha value is -2.34. The van der Waals surface area contributed by atoms with Gasteiger partial charge in [0.25, 0.3) is 11.8 Å². The summed E-state index contributed by atoms with van der Waals surface area (Å²) in [4.78, 5) is 30.4. The fourth-order valence-electron chi connectivity index (χ4n) is 4.23. The fourth-order valence-corrected chi connectivity index (χ4v) is 4.23. The van der Waals surface area contributed by atoms with E-state index >= 15 is 0 Å². The van der Waals surface area contributed by atoms with Crippen LogP contribution in [0.2, 0.25) is 0 Å². The van der Waals surface area contributed by atoms with E-state index in [1.807, 2.05) is 38.1 Å². The summed E-state index contributed by atoms with van der Waals surface area (Å²) in [5.74, 6) is 1.33. The second kappa shape index (κ2) is 11.0. The molecule has 0 radical (unpaired) electrons. The number of nitrogens with zero attached hydrogens (tertiary/aromatic N) is 2. The minimum absolute atomic E-state index is 0.135. The van der Waals surface area contributed by atoms with Gasteiger partial charge in [0, 0.05) is 26.2 Å². The molecule has 2 amide bonds. The van der Waals surface area contributed by atoms with Crippen LogP contribution in [-0.2, 0) is 14.3 Å². The Morgan fingerprint density at radius 2 is 1.78 bits per heavy atom. The predicted molar refractivity (Wildman–Crippen MR) is 126 cm³/mol. The van der Waals surface area contributed by atoms with Gasteiger partial charge >= 0.3 is 0 Å². The highest BCUT2D eigenvalue weighted by atomic mass is 16.5. The van der Waals surface area contributed by atoms with Crippen molar-refractivity contribution in [3.05, 3.63) is 35.5 Å². The summed E-state index contributed by atoms with van der Waals surface area (Å²) in [7, 11) is 0. The Kier molecular flexibility index (Phi) is 8.35. The molecule has 6 heteroatoms. The monoisotopic (exact) mass is 442 g/mol. The van der Waals surface area contributed by atoms with Gasteiger partial charge in [-0.3, -0.25) is 14.5 Å². The second-order valence-electron chi connectivity index (χ2n) is 9.68. The standard InChI is InChI=1S/C26H38N2O4/c1-18(2)17-32-22-11-9-21(10-12-22)23-24(27-13-6-8-20(5)16-27)26(30)28(25(23)29)14-7-15-31-19(3)4/h9-12,18-20H,6-8,13-17H2,1-5H3. The molecule has 6 nitrogen and oxygen atoms in total. The molecule has 2 aliphatic rings. The molecule has 32 heavy (non-hydrogen) atoms. The summed E-state index contributed by atoms with van der Waals surface area (Å²) in [6.45, 7) is 13.5. The SMILES string of the molecule is CC(C)COc1ccc(C2=C(N3CCCC(C)C3)C(=O)N(CCCOC(C)C)C2=O)cc1. The van der Waals surface area contributed by atoms with Gasteiger partial charge in [-0.1, -0.05) is 32.9 Å². The highest BCUT2D eigenvalue weighted by Crippen LogP contribution is 2.34. The summed E-state index contributed by atoms with van der Waals surface area (Å²) in [6.07, 6.45) is 2.95. The average Bonchev–Trinajstić information content (AvgIpc) is 3.00. The molecule has 0 N–H and O–H groups in total. The predicted octanol–water partition coefficient (Wildman–Crippen LogP) is 4.35. The number of piperidine rings is 1. The van der Waals surface area contributed by atoms with E-state index in [0.29, 0.717) is 49.3 Å². The third-order valence-electron chi connectivity index (χ3n) is 5.82. The van der Waals surface area contributed by atoms with Crippen molar-refractivity contribution in [3.8, 4) is 5.75 Å². The molecule has 0 aromatic heterocycles. The van der Waals surface area contributed by atoms with Crippen LogP contribution in [0.1, 0.15) is 59.4 Å². The van der Waals surface area contributed by atoms with Crippen molar-refractivity contribution in [1.29, 1.82) is 0 Å². The fraction of sp³-hybridized carbons (Fsp3) is 0.615. The normalized spacial score (nSPS) is 19.7. The lowest BCUT2D eigenvalue weighted by atomic mass is 9.97. The van der Waals surface area contributed by atoms with Crippen LogP contribution >= 0.6 is 0 Å². The van der Waals surface area contributed by atoms with E-state index in [9.17, 15) is 9.59 Å². The molecule has 1 aromatic carbocycles. The molecule has 0 bridgehead atoms. The molecule has 2 aliphatic heterocycles. The molecule has 1 unspecified atom stereocenters. The van der Waals surface area contributed by atoms with E-state index in [2.05, 4.69) is 25.7 Å². The molecule has 0 spiro atoms. The number of imide groups is 1. The molecule has 1 saturated heterocycles. The smallest absolute Gasteiger partial charge is 0.277 e. The Labute approximate surface area is 192 Å². The number of ether oxygens (including phenoxy) is 2. The molecule has 3 rings (SSSR count). The summed E-state index contributed by atoms with van der Waals surface area (Å²) in [6, 6.07) is 7.57. The second-order valence-corrected chi connectivity index (χ2v) is 9.68. The van der Waals surface area contributed by atoms with Gasteiger partial charge in [-0.2, -0.15) is 0 Å². The average molecular weight is 443 g/mol. The Morgan fingerprint density at radius 3 is 2.41 bits per heavy atom. The summed E-state index contributed by atoms with van der Waals surface area (Å²) in [5, 5.41) is 0. The summed E-state index contributed by atoms with van der Waals surface area (Å²) < 4.78 is 11.4. The van der Waals surface area contributed by atoms with E-state index in [0.717, 1.165) is 37.2 Å². The number of benzene rings is 1.